The Bertz CT molecular complexity index is 601. The molecule has 0 radical (unpaired) electrons. The Labute approximate surface area is 156 Å². The summed E-state index contributed by atoms with van der Waals surface area (Å²) in [7, 11) is 0. The van der Waals surface area contributed by atoms with Crippen molar-refractivity contribution in [2.45, 2.75) is 66.0 Å². The van der Waals surface area contributed by atoms with E-state index in [1.54, 1.807) is 0 Å². The standard InChI is InChI=1S/C19H33N5O2/c1-6-20-19(21-12-16-11-17(13(2)3)23-26-16)22-15-7-9-24(10-8-15)18(25)14(4)5/h11,13-15H,6-10,12H2,1-5H3,(H2,20,21,22). The van der Waals surface area contributed by atoms with Crippen LogP contribution in [0.25, 0.3) is 0 Å². The number of guanidine groups is 1. The van der Waals surface area contributed by atoms with Crippen molar-refractivity contribution in [3.63, 3.8) is 0 Å². The molecule has 2 heterocycles. The molecule has 26 heavy (non-hydrogen) atoms. The van der Waals surface area contributed by atoms with Gasteiger partial charge in [-0.05, 0) is 25.7 Å². The van der Waals surface area contributed by atoms with Gasteiger partial charge in [-0.25, -0.2) is 4.99 Å². The first-order valence-electron chi connectivity index (χ1n) is 9.69. The lowest BCUT2D eigenvalue weighted by Crippen LogP contribution is -2.50. The van der Waals surface area contributed by atoms with E-state index in [-0.39, 0.29) is 11.8 Å². The van der Waals surface area contributed by atoms with Crippen LogP contribution in [0.1, 0.15) is 64.8 Å². The molecule has 0 aliphatic carbocycles. The first kappa shape index (κ1) is 20.3. The van der Waals surface area contributed by atoms with E-state index in [2.05, 4.69) is 34.6 Å². The summed E-state index contributed by atoms with van der Waals surface area (Å²) in [5.74, 6) is 2.21. The van der Waals surface area contributed by atoms with Crippen molar-refractivity contribution in [3.05, 3.63) is 17.5 Å². The average Bonchev–Trinajstić information content (AvgIpc) is 3.09. The van der Waals surface area contributed by atoms with Gasteiger partial charge in [-0.15, -0.1) is 0 Å². The molecule has 1 aliphatic rings. The maximum Gasteiger partial charge on any atom is 0.225 e. The van der Waals surface area contributed by atoms with E-state index in [1.165, 1.54) is 0 Å². The molecule has 1 fully saturated rings. The fourth-order valence-electron chi connectivity index (χ4n) is 2.96. The number of carbonyl (C=O) groups excluding carboxylic acids is 1. The van der Waals surface area contributed by atoms with Gasteiger partial charge in [0.25, 0.3) is 0 Å². The van der Waals surface area contributed by atoms with Crippen LogP contribution < -0.4 is 10.6 Å². The molecule has 0 atom stereocenters. The third kappa shape index (κ3) is 5.75. The van der Waals surface area contributed by atoms with Gasteiger partial charge in [0.05, 0.1) is 5.69 Å². The zero-order chi connectivity index (χ0) is 19.1. The number of aliphatic imine (C=N–C) groups is 1. The van der Waals surface area contributed by atoms with Gasteiger partial charge in [0.2, 0.25) is 5.91 Å². The molecule has 2 rings (SSSR count). The number of carbonyl (C=O) groups is 1. The third-order valence-electron chi connectivity index (χ3n) is 4.55. The first-order valence-corrected chi connectivity index (χ1v) is 9.69. The minimum atomic E-state index is 0.0658. The van der Waals surface area contributed by atoms with E-state index in [0.717, 1.165) is 49.9 Å². The molecular weight excluding hydrogens is 330 g/mol. The Balaban J connectivity index is 1.88. The van der Waals surface area contributed by atoms with Gasteiger partial charge < -0.3 is 20.1 Å². The SMILES string of the molecule is CCNC(=NCc1cc(C(C)C)no1)NC1CCN(C(=O)C(C)C)CC1. The molecule has 0 aromatic carbocycles. The maximum absolute atomic E-state index is 12.1. The van der Waals surface area contributed by atoms with E-state index >= 15 is 0 Å². The summed E-state index contributed by atoms with van der Waals surface area (Å²) in [6.07, 6.45) is 1.87. The predicted octanol–water partition coefficient (Wildman–Crippen LogP) is 2.50. The van der Waals surface area contributed by atoms with E-state index in [1.807, 2.05) is 31.7 Å². The van der Waals surface area contributed by atoms with Gasteiger partial charge in [-0.3, -0.25) is 4.79 Å². The van der Waals surface area contributed by atoms with Gasteiger partial charge in [-0.2, -0.15) is 0 Å². The summed E-state index contributed by atoms with van der Waals surface area (Å²) in [6, 6.07) is 2.29. The smallest absolute Gasteiger partial charge is 0.225 e. The topological polar surface area (TPSA) is 82.8 Å². The summed E-state index contributed by atoms with van der Waals surface area (Å²) < 4.78 is 5.35. The van der Waals surface area contributed by atoms with Crippen LogP contribution in [0.3, 0.4) is 0 Å². The molecule has 7 heteroatoms. The van der Waals surface area contributed by atoms with E-state index in [0.29, 0.717) is 18.5 Å². The molecule has 146 valence electrons. The Morgan fingerprint density at radius 1 is 1.35 bits per heavy atom. The molecule has 1 aromatic rings. The van der Waals surface area contributed by atoms with Crippen LogP contribution in [-0.2, 0) is 11.3 Å². The highest BCUT2D eigenvalue weighted by molar-refractivity contribution is 5.80. The first-order chi connectivity index (χ1) is 12.4. The normalized spacial score (nSPS) is 16.4. The lowest BCUT2D eigenvalue weighted by atomic mass is 10.0. The van der Waals surface area contributed by atoms with Gasteiger partial charge >= 0.3 is 0 Å². The van der Waals surface area contributed by atoms with Gasteiger partial charge in [0.1, 0.15) is 6.54 Å². The van der Waals surface area contributed by atoms with Crippen LogP contribution in [0.4, 0.5) is 0 Å². The van der Waals surface area contributed by atoms with Gasteiger partial charge in [0.15, 0.2) is 11.7 Å². The molecular formula is C19H33N5O2. The minimum Gasteiger partial charge on any atom is -0.359 e. The number of aromatic nitrogens is 1. The highest BCUT2D eigenvalue weighted by Crippen LogP contribution is 2.15. The van der Waals surface area contributed by atoms with Crippen LogP contribution in [0.15, 0.2) is 15.6 Å². The van der Waals surface area contributed by atoms with Crippen molar-refractivity contribution >= 4 is 11.9 Å². The number of hydrogen-bond acceptors (Lipinski definition) is 4. The zero-order valence-electron chi connectivity index (χ0n) is 16.7. The van der Waals surface area contributed by atoms with Crippen LogP contribution in [0, 0.1) is 5.92 Å². The summed E-state index contributed by atoms with van der Waals surface area (Å²) >= 11 is 0. The number of nitrogens with zero attached hydrogens (tertiary/aromatic N) is 3. The van der Waals surface area contributed by atoms with Crippen molar-refractivity contribution in [3.8, 4) is 0 Å². The second-order valence-corrected chi connectivity index (χ2v) is 7.47. The van der Waals surface area contributed by atoms with Crippen LogP contribution in [0.5, 0.6) is 0 Å². The summed E-state index contributed by atoms with van der Waals surface area (Å²) in [6.45, 7) is 13.0. The highest BCUT2D eigenvalue weighted by Gasteiger charge is 2.24. The predicted molar refractivity (Wildman–Crippen MR) is 103 cm³/mol. The van der Waals surface area contributed by atoms with Crippen LogP contribution in [0.2, 0.25) is 0 Å². The Morgan fingerprint density at radius 3 is 2.58 bits per heavy atom. The summed E-state index contributed by atoms with van der Waals surface area (Å²) in [5, 5.41) is 10.8. The monoisotopic (exact) mass is 363 g/mol. The molecule has 0 spiro atoms. The Morgan fingerprint density at radius 2 is 2.04 bits per heavy atom. The molecule has 1 aliphatic heterocycles. The fraction of sp³-hybridized carbons (Fsp3) is 0.737. The molecule has 1 saturated heterocycles. The molecule has 7 nitrogen and oxygen atoms in total. The number of nitrogens with one attached hydrogen (secondary N) is 2. The fourth-order valence-corrected chi connectivity index (χ4v) is 2.96. The van der Waals surface area contributed by atoms with E-state index < -0.39 is 0 Å². The summed E-state index contributed by atoms with van der Waals surface area (Å²) in [5.41, 5.74) is 0.954. The second kappa shape index (κ2) is 9.59. The van der Waals surface area contributed by atoms with Crippen molar-refractivity contribution in [2.24, 2.45) is 10.9 Å². The Kier molecular flexibility index (Phi) is 7.48. The van der Waals surface area contributed by atoms with E-state index in [4.69, 9.17) is 4.52 Å². The van der Waals surface area contributed by atoms with Crippen molar-refractivity contribution in [1.82, 2.24) is 20.7 Å². The number of piperidine rings is 1. The lowest BCUT2D eigenvalue weighted by Gasteiger charge is -2.34. The number of rotatable bonds is 6. The number of amides is 1. The number of likely N-dealkylation sites (tertiary alicyclic amines) is 1. The molecule has 1 aromatic heterocycles. The molecule has 1 amide bonds. The maximum atomic E-state index is 12.1. The number of hydrogen-bond donors (Lipinski definition) is 2. The quantitative estimate of drug-likeness (QED) is 0.599. The molecule has 2 N–H and O–H groups in total. The Hall–Kier alpha value is -2.05. The lowest BCUT2D eigenvalue weighted by molar-refractivity contribution is -0.135. The van der Waals surface area contributed by atoms with Gasteiger partial charge in [0, 0.05) is 37.7 Å². The highest BCUT2D eigenvalue weighted by atomic mass is 16.5. The summed E-state index contributed by atoms with van der Waals surface area (Å²) in [4.78, 5) is 18.7. The molecule has 0 saturated carbocycles. The largest absolute Gasteiger partial charge is 0.359 e. The van der Waals surface area contributed by atoms with Gasteiger partial charge in [-0.1, -0.05) is 32.9 Å². The van der Waals surface area contributed by atoms with Crippen molar-refractivity contribution in [2.75, 3.05) is 19.6 Å². The zero-order valence-corrected chi connectivity index (χ0v) is 16.7. The second-order valence-electron chi connectivity index (χ2n) is 7.47. The van der Waals surface area contributed by atoms with Crippen LogP contribution in [-0.4, -0.2) is 47.6 Å². The minimum absolute atomic E-state index is 0.0658. The average molecular weight is 364 g/mol. The molecule has 0 unspecified atom stereocenters. The van der Waals surface area contributed by atoms with Crippen molar-refractivity contribution in [1.29, 1.82) is 0 Å². The third-order valence-corrected chi connectivity index (χ3v) is 4.55. The molecule has 0 bridgehead atoms. The van der Waals surface area contributed by atoms with Crippen LogP contribution >= 0.6 is 0 Å². The van der Waals surface area contributed by atoms with Crippen molar-refractivity contribution < 1.29 is 9.32 Å². The van der Waals surface area contributed by atoms with E-state index in [9.17, 15) is 4.79 Å².